The number of allylic oxidation sites excluding steroid dienone is 6. The third kappa shape index (κ3) is 18.0. The molecule has 0 rings (SSSR count). The first-order valence-electron chi connectivity index (χ1n) is 9.96. The van der Waals surface area contributed by atoms with Gasteiger partial charge in [0.05, 0.1) is 0 Å². The summed E-state index contributed by atoms with van der Waals surface area (Å²) in [4.78, 5) is 28.8. The molecule has 0 aliphatic heterocycles. The molecule has 174 valence electrons. The van der Waals surface area contributed by atoms with E-state index in [0.717, 1.165) is 32.1 Å². The Labute approximate surface area is 180 Å². The molecule has 0 saturated carbocycles. The number of rotatable bonds is 16. The van der Waals surface area contributed by atoms with Gasteiger partial charge in [-0.05, 0) is 66.2 Å². The molecular weight excluding hydrogens is 430 g/mol. The van der Waals surface area contributed by atoms with E-state index in [0.29, 0.717) is 6.42 Å². The molecule has 30 heavy (non-hydrogen) atoms. The first-order chi connectivity index (χ1) is 13.9. The van der Waals surface area contributed by atoms with E-state index in [2.05, 4.69) is 59.8 Å². The van der Waals surface area contributed by atoms with E-state index in [1.807, 2.05) is 0 Å². The highest BCUT2D eigenvalue weighted by atomic mass is 31.2. The lowest BCUT2D eigenvalue weighted by atomic mass is 9.99. The summed E-state index contributed by atoms with van der Waals surface area (Å²) in [6.07, 6.45) is 12.1. The molecule has 0 aliphatic rings. The molecule has 10 heteroatoms. The summed E-state index contributed by atoms with van der Waals surface area (Å²) in [7, 11) is -8.22. The van der Waals surface area contributed by atoms with Crippen LogP contribution in [0.3, 0.4) is 0 Å². The maximum absolute atomic E-state index is 12.0. The minimum absolute atomic E-state index is 0.269. The highest BCUT2D eigenvalue weighted by Crippen LogP contribution is 2.41. The van der Waals surface area contributed by atoms with Gasteiger partial charge >= 0.3 is 16.1 Å². The first kappa shape index (κ1) is 29.1. The number of ketones is 1. The number of Topliss-reactive ketones (excluding diaryl/α,β-unsaturated/α-hetero) is 1. The SMILES string of the molecule is CC(C)=CCCC(C)=CCCC(C)=CCCC(C)C(=O)CO[PH](=O)OOP(=O)(O)O. The van der Waals surface area contributed by atoms with Crippen molar-refractivity contribution in [3.05, 3.63) is 34.9 Å². The standard InChI is InChI=1S/C20H36O8P2/c1-16(2)9-6-10-17(3)11-7-12-18(4)13-8-14-19(5)20(21)15-26-29(22)27-28-30(23,24)25/h9,11,13,19,29H,6-8,10,12,14-15H2,1-5H3,(H2,23,24,25). The fraction of sp³-hybridized carbons (Fsp3) is 0.650. The molecule has 2 unspecified atom stereocenters. The Hall–Kier alpha value is -0.850. The molecule has 2 N–H and O–H groups in total. The third-order valence-electron chi connectivity index (χ3n) is 4.30. The molecule has 8 nitrogen and oxygen atoms in total. The van der Waals surface area contributed by atoms with Gasteiger partial charge in [0.25, 0.3) is 0 Å². The second-order valence-electron chi connectivity index (χ2n) is 7.59. The van der Waals surface area contributed by atoms with E-state index in [1.54, 1.807) is 6.92 Å². The lowest BCUT2D eigenvalue weighted by molar-refractivity contribution is -0.133. The summed E-state index contributed by atoms with van der Waals surface area (Å²) in [6, 6.07) is 0. The van der Waals surface area contributed by atoms with Gasteiger partial charge in [-0.3, -0.25) is 9.36 Å². The lowest BCUT2D eigenvalue weighted by Gasteiger charge is -2.10. The van der Waals surface area contributed by atoms with Crippen molar-refractivity contribution in [1.29, 1.82) is 0 Å². The van der Waals surface area contributed by atoms with Crippen molar-refractivity contribution in [3.8, 4) is 0 Å². The van der Waals surface area contributed by atoms with Crippen molar-refractivity contribution >= 4 is 21.9 Å². The van der Waals surface area contributed by atoms with Crippen LogP contribution >= 0.6 is 16.1 Å². The van der Waals surface area contributed by atoms with E-state index in [9.17, 15) is 13.9 Å². The van der Waals surface area contributed by atoms with Crippen LogP contribution < -0.4 is 0 Å². The Bertz CT molecular complexity index is 687. The lowest BCUT2D eigenvalue weighted by Crippen LogP contribution is -2.15. The molecule has 0 heterocycles. The molecule has 0 aromatic rings. The Morgan fingerprint density at radius 3 is 2.07 bits per heavy atom. The van der Waals surface area contributed by atoms with Crippen molar-refractivity contribution < 1.29 is 37.6 Å². The van der Waals surface area contributed by atoms with Crippen molar-refractivity contribution in [2.75, 3.05) is 6.61 Å². The predicted molar refractivity (Wildman–Crippen MR) is 118 cm³/mol. The van der Waals surface area contributed by atoms with Crippen molar-refractivity contribution in [2.24, 2.45) is 5.92 Å². The van der Waals surface area contributed by atoms with Crippen LogP contribution in [-0.4, -0.2) is 22.2 Å². The normalized spacial score (nSPS) is 15.0. The van der Waals surface area contributed by atoms with Gasteiger partial charge in [-0.2, -0.15) is 0 Å². The highest BCUT2D eigenvalue weighted by molar-refractivity contribution is 7.46. The molecular formula is C20H36O8P2. The summed E-state index contributed by atoms with van der Waals surface area (Å²) in [6.45, 7) is 9.73. The van der Waals surface area contributed by atoms with Crippen LogP contribution in [0.5, 0.6) is 0 Å². The Morgan fingerprint density at radius 2 is 1.53 bits per heavy atom. The molecule has 0 saturated heterocycles. The van der Waals surface area contributed by atoms with Crippen LogP contribution in [0.2, 0.25) is 0 Å². The Morgan fingerprint density at radius 1 is 1.00 bits per heavy atom. The van der Waals surface area contributed by atoms with Crippen LogP contribution in [0.25, 0.3) is 0 Å². The Balaban J connectivity index is 4.10. The second kappa shape index (κ2) is 15.9. The maximum Gasteiger partial charge on any atom is 0.497 e. The number of carbonyl (C=O) groups is 1. The Kier molecular flexibility index (Phi) is 15.4. The van der Waals surface area contributed by atoms with Crippen LogP contribution in [0.1, 0.15) is 73.1 Å². The molecule has 2 atom stereocenters. The molecule has 0 bridgehead atoms. The van der Waals surface area contributed by atoms with E-state index in [-0.39, 0.29) is 11.7 Å². The zero-order chi connectivity index (χ0) is 23.2. The van der Waals surface area contributed by atoms with Crippen LogP contribution in [0.4, 0.5) is 0 Å². The zero-order valence-corrected chi connectivity index (χ0v) is 20.4. The third-order valence-corrected chi connectivity index (χ3v) is 5.31. The number of carbonyl (C=O) groups excluding carboxylic acids is 1. The second-order valence-corrected chi connectivity index (χ2v) is 9.68. The fourth-order valence-corrected chi connectivity index (χ4v) is 3.39. The van der Waals surface area contributed by atoms with Gasteiger partial charge in [-0.1, -0.05) is 41.9 Å². The summed E-state index contributed by atoms with van der Waals surface area (Å²) < 4.78 is 33.8. The van der Waals surface area contributed by atoms with E-state index >= 15 is 0 Å². The monoisotopic (exact) mass is 466 g/mol. The van der Waals surface area contributed by atoms with Crippen LogP contribution in [-0.2, 0) is 27.8 Å². The van der Waals surface area contributed by atoms with Gasteiger partial charge in [0.15, 0.2) is 5.78 Å². The fourth-order valence-electron chi connectivity index (χ4n) is 2.45. The molecule has 0 radical (unpaired) electrons. The van der Waals surface area contributed by atoms with Gasteiger partial charge in [0.1, 0.15) is 6.61 Å². The molecule has 0 amide bonds. The first-order valence-corrected chi connectivity index (χ1v) is 12.7. The largest absolute Gasteiger partial charge is 0.497 e. The van der Waals surface area contributed by atoms with Crippen molar-refractivity contribution in [1.82, 2.24) is 0 Å². The zero-order valence-electron chi connectivity index (χ0n) is 18.6. The summed E-state index contributed by atoms with van der Waals surface area (Å²) in [5.74, 6) is -0.571. The van der Waals surface area contributed by atoms with Gasteiger partial charge < -0.3 is 14.3 Å². The quantitative estimate of drug-likeness (QED) is 0.126. The predicted octanol–water partition coefficient (Wildman–Crippen LogP) is 5.84. The van der Waals surface area contributed by atoms with Gasteiger partial charge in [0, 0.05) is 5.92 Å². The minimum atomic E-state index is -4.91. The summed E-state index contributed by atoms with van der Waals surface area (Å²) in [5.41, 5.74) is 4.01. The van der Waals surface area contributed by atoms with E-state index < -0.39 is 22.7 Å². The minimum Gasteiger partial charge on any atom is -0.301 e. The van der Waals surface area contributed by atoms with Crippen molar-refractivity contribution in [2.45, 2.75) is 73.1 Å². The topological polar surface area (TPSA) is 119 Å². The average molecular weight is 466 g/mol. The smallest absolute Gasteiger partial charge is 0.301 e. The van der Waals surface area contributed by atoms with Gasteiger partial charge in [0.2, 0.25) is 0 Å². The molecule has 0 aromatic heterocycles. The molecule has 0 spiro atoms. The van der Waals surface area contributed by atoms with E-state index in [1.165, 1.54) is 16.7 Å². The van der Waals surface area contributed by atoms with Crippen LogP contribution in [0.15, 0.2) is 34.9 Å². The molecule has 0 fully saturated rings. The average Bonchev–Trinajstić information content (AvgIpc) is 2.63. The highest BCUT2D eigenvalue weighted by Gasteiger charge is 2.19. The summed E-state index contributed by atoms with van der Waals surface area (Å²) in [5, 5.41) is 0. The summed E-state index contributed by atoms with van der Waals surface area (Å²) >= 11 is 0. The molecule has 0 aromatic carbocycles. The van der Waals surface area contributed by atoms with Gasteiger partial charge in [-0.25, -0.2) is 4.57 Å². The van der Waals surface area contributed by atoms with Gasteiger partial charge in [-0.15, -0.1) is 9.35 Å². The van der Waals surface area contributed by atoms with E-state index in [4.69, 9.17) is 9.79 Å². The number of hydrogen-bond acceptors (Lipinski definition) is 6. The van der Waals surface area contributed by atoms with Crippen molar-refractivity contribution in [3.63, 3.8) is 0 Å². The number of phosphoric acid groups is 1. The maximum atomic E-state index is 12.0. The molecule has 0 aliphatic carbocycles. The number of hydrogen-bond donors (Lipinski definition) is 2. The van der Waals surface area contributed by atoms with Crippen LogP contribution in [0, 0.1) is 5.92 Å².